The van der Waals surface area contributed by atoms with Gasteiger partial charge in [-0.15, -0.1) is 0 Å². The minimum absolute atomic E-state index is 0.218. The topological polar surface area (TPSA) is 67.9 Å². The second-order valence-corrected chi connectivity index (χ2v) is 8.46. The van der Waals surface area contributed by atoms with Crippen molar-refractivity contribution >= 4 is 10.0 Å². The van der Waals surface area contributed by atoms with Crippen molar-refractivity contribution in [1.82, 2.24) is 9.62 Å². The van der Waals surface area contributed by atoms with Gasteiger partial charge < -0.3 is 9.47 Å². The lowest BCUT2D eigenvalue weighted by Gasteiger charge is -2.26. The lowest BCUT2D eigenvalue weighted by atomic mass is 9.98. The van der Waals surface area contributed by atoms with E-state index in [9.17, 15) is 8.42 Å². The number of methoxy groups -OCH3 is 1. The molecule has 1 saturated heterocycles. The molecule has 1 aromatic rings. The van der Waals surface area contributed by atoms with Gasteiger partial charge in [-0.2, -0.15) is 0 Å². The van der Waals surface area contributed by atoms with Gasteiger partial charge in [-0.3, -0.25) is 4.90 Å². The van der Waals surface area contributed by atoms with Crippen LogP contribution in [0.5, 0.6) is 5.75 Å². The molecule has 1 aliphatic rings. The van der Waals surface area contributed by atoms with Crippen LogP contribution in [0.15, 0.2) is 17.0 Å². The third kappa shape index (κ3) is 5.41. The molecule has 142 valence electrons. The molecular weight excluding hydrogens is 340 g/mol. The minimum atomic E-state index is -3.60. The first-order chi connectivity index (χ1) is 11.8. The van der Waals surface area contributed by atoms with Crippen molar-refractivity contribution in [3.63, 3.8) is 0 Å². The normalized spacial score (nSPS) is 16.4. The van der Waals surface area contributed by atoms with Crippen molar-refractivity contribution in [2.24, 2.45) is 0 Å². The Balaban J connectivity index is 2.03. The molecule has 1 aromatic carbocycles. The van der Waals surface area contributed by atoms with E-state index in [2.05, 4.69) is 23.5 Å². The highest BCUT2D eigenvalue weighted by molar-refractivity contribution is 7.89. The molecule has 1 heterocycles. The van der Waals surface area contributed by atoms with E-state index >= 15 is 0 Å². The molecule has 0 amide bonds. The largest absolute Gasteiger partial charge is 0.495 e. The third-order valence-corrected chi connectivity index (χ3v) is 5.99. The quantitative estimate of drug-likeness (QED) is 0.710. The van der Waals surface area contributed by atoms with Gasteiger partial charge >= 0.3 is 0 Å². The Hall–Kier alpha value is -1.15. The van der Waals surface area contributed by atoms with E-state index in [0.29, 0.717) is 12.3 Å². The summed E-state index contributed by atoms with van der Waals surface area (Å²) in [7, 11) is -2.10. The van der Waals surface area contributed by atoms with Crippen molar-refractivity contribution in [1.29, 1.82) is 0 Å². The zero-order chi connectivity index (χ0) is 18.4. The van der Waals surface area contributed by atoms with E-state index in [1.54, 1.807) is 12.1 Å². The Morgan fingerprint density at radius 3 is 2.56 bits per heavy atom. The molecule has 7 heteroatoms. The monoisotopic (exact) mass is 370 g/mol. The molecule has 0 unspecified atom stereocenters. The first-order valence-electron chi connectivity index (χ1n) is 8.83. The number of benzene rings is 1. The van der Waals surface area contributed by atoms with Crippen molar-refractivity contribution in [2.75, 3.05) is 46.5 Å². The van der Waals surface area contributed by atoms with E-state index < -0.39 is 10.0 Å². The number of aryl methyl sites for hydroxylation is 1. The summed E-state index contributed by atoms with van der Waals surface area (Å²) >= 11 is 0. The summed E-state index contributed by atoms with van der Waals surface area (Å²) < 4.78 is 38.8. The Labute approximate surface area is 151 Å². The highest BCUT2D eigenvalue weighted by Gasteiger charge is 2.22. The van der Waals surface area contributed by atoms with Gasteiger partial charge in [0, 0.05) is 19.6 Å². The summed E-state index contributed by atoms with van der Waals surface area (Å²) in [4.78, 5) is 2.51. The molecular formula is C18H30N2O4S. The Morgan fingerprint density at radius 1 is 1.28 bits per heavy atom. The molecule has 0 spiro atoms. The Morgan fingerprint density at radius 2 is 1.96 bits per heavy atom. The third-order valence-electron chi connectivity index (χ3n) is 4.51. The maximum absolute atomic E-state index is 12.7. The zero-order valence-electron chi connectivity index (χ0n) is 15.7. The van der Waals surface area contributed by atoms with Gasteiger partial charge in [-0.05, 0) is 49.1 Å². The first kappa shape index (κ1) is 20.2. The minimum Gasteiger partial charge on any atom is -0.495 e. The van der Waals surface area contributed by atoms with Crippen LogP contribution in [-0.4, -0.2) is 59.8 Å². The molecule has 0 saturated carbocycles. The fourth-order valence-electron chi connectivity index (χ4n) is 3.08. The van der Waals surface area contributed by atoms with Crippen LogP contribution in [-0.2, 0) is 14.8 Å². The van der Waals surface area contributed by atoms with Gasteiger partial charge in [0.1, 0.15) is 10.6 Å². The molecule has 0 aromatic heterocycles. The van der Waals surface area contributed by atoms with Gasteiger partial charge in [-0.25, -0.2) is 13.1 Å². The van der Waals surface area contributed by atoms with Crippen molar-refractivity contribution in [2.45, 2.75) is 38.0 Å². The van der Waals surface area contributed by atoms with Crippen LogP contribution in [0.3, 0.4) is 0 Å². The zero-order valence-corrected chi connectivity index (χ0v) is 16.5. The summed E-state index contributed by atoms with van der Waals surface area (Å²) in [6, 6.07) is 3.54. The summed E-state index contributed by atoms with van der Waals surface area (Å²) in [5, 5.41) is 0. The second kappa shape index (κ2) is 8.98. The van der Waals surface area contributed by atoms with Crippen LogP contribution in [0.4, 0.5) is 0 Å². The van der Waals surface area contributed by atoms with E-state index in [0.717, 1.165) is 50.4 Å². The molecule has 0 bridgehead atoms. The lowest BCUT2D eigenvalue weighted by Crippen LogP contribution is -2.38. The molecule has 0 radical (unpaired) electrons. The molecule has 1 aliphatic heterocycles. The predicted molar refractivity (Wildman–Crippen MR) is 98.9 cm³/mol. The average molecular weight is 371 g/mol. The van der Waals surface area contributed by atoms with Crippen LogP contribution in [0.2, 0.25) is 0 Å². The fourth-order valence-corrected chi connectivity index (χ4v) is 4.34. The number of sulfonamides is 1. The molecule has 2 rings (SSSR count). The average Bonchev–Trinajstić information content (AvgIpc) is 2.58. The number of nitrogens with one attached hydrogen (secondary N) is 1. The molecule has 0 aliphatic carbocycles. The standard InChI is InChI=1S/C18H30N2O4S/c1-14(2)16-13-18(17(23-4)12-15(16)3)25(21,22)19-6-5-7-20-8-10-24-11-9-20/h12-14,19H,5-11H2,1-4H3. The molecule has 1 N–H and O–H groups in total. The number of hydrogen-bond donors (Lipinski definition) is 1. The van der Waals surface area contributed by atoms with E-state index in [1.807, 2.05) is 6.92 Å². The first-order valence-corrected chi connectivity index (χ1v) is 10.3. The van der Waals surface area contributed by atoms with Gasteiger partial charge in [0.2, 0.25) is 10.0 Å². The van der Waals surface area contributed by atoms with Crippen LogP contribution < -0.4 is 9.46 Å². The number of ether oxygens (including phenoxy) is 2. The van der Waals surface area contributed by atoms with Crippen molar-refractivity contribution in [3.05, 3.63) is 23.3 Å². The van der Waals surface area contributed by atoms with Crippen molar-refractivity contribution in [3.8, 4) is 5.75 Å². The highest BCUT2D eigenvalue weighted by Crippen LogP contribution is 2.30. The molecule has 1 fully saturated rings. The lowest BCUT2D eigenvalue weighted by molar-refractivity contribution is 0.0376. The van der Waals surface area contributed by atoms with Crippen LogP contribution in [0.25, 0.3) is 0 Å². The SMILES string of the molecule is COc1cc(C)c(C(C)C)cc1S(=O)(=O)NCCCN1CCOCC1. The number of hydrogen-bond acceptors (Lipinski definition) is 5. The summed E-state index contributed by atoms with van der Waals surface area (Å²) in [6.07, 6.45) is 0.768. The fraction of sp³-hybridized carbons (Fsp3) is 0.667. The van der Waals surface area contributed by atoms with Gasteiger partial charge in [0.05, 0.1) is 20.3 Å². The van der Waals surface area contributed by atoms with Crippen molar-refractivity contribution < 1.29 is 17.9 Å². The van der Waals surface area contributed by atoms with Gasteiger partial charge in [0.25, 0.3) is 0 Å². The Bertz CT molecular complexity index is 668. The smallest absolute Gasteiger partial charge is 0.244 e. The summed E-state index contributed by atoms with van der Waals surface area (Å²) in [5.74, 6) is 0.642. The molecule has 6 nitrogen and oxygen atoms in total. The van der Waals surface area contributed by atoms with Crippen LogP contribution >= 0.6 is 0 Å². The maximum Gasteiger partial charge on any atom is 0.244 e. The highest BCUT2D eigenvalue weighted by atomic mass is 32.2. The van der Waals surface area contributed by atoms with Crippen LogP contribution in [0, 0.1) is 6.92 Å². The molecule has 0 atom stereocenters. The van der Waals surface area contributed by atoms with E-state index in [4.69, 9.17) is 9.47 Å². The second-order valence-electron chi connectivity index (χ2n) is 6.72. The summed E-state index contributed by atoms with van der Waals surface area (Å²) in [5.41, 5.74) is 2.06. The van der Waals surface area contributed by atoms with E-state index in [-0.39, 0.29) is 10.8 Å². The van der Waals surface area contributed by atoms with Crippen LogP contribution in [0.1, 0.15) is 37.3 Å². The number of rotatable bonds is 8. The Kier molecular flexibility index (Phi) is 7.25. The maximum atomic E-state index is 12.7. The van der Waals surface area contributed by atoms with Gasteiger partial charge in [0.15, 0.2) is 0 Å². The number of nitrogens with zero attached hydrogens (tertiary/aromatic N) is 1. The molecule has 25 heavy (non-hydrogen) atoms. The van der Waals surface area contributed by atoms with E-state index in [1.165, 1.54) is 7.11 Å². The predicted octanol–water partition coefficient (Wildman–Crippen LogP) is 2.13. The van der Waals surface area contributed by atoms with Gasteiger partial charge in [-0.1, -0.05) is 13.8 Å². The summed E-state index contributed by atoms with van der Waals surface area (Å²) in [6.45, 7) is 10.7. The number of morpholine rings is 1.